The summed E-state index contributed by atoms with van der Waals surface area (Å²) in [6.07, 6.45) is 0.356. The Bertz CT molecular complexity index is 773. The molecular formula is C18H18N4OS. The minimum atomic E-state index is -0.0860. The van der Waals surface area contributed by atoms with Crippen LogP contribution in [0, 0.1) is 0 Å². The van der Waals surface area contributed by atoms with Gasteiger partial charge in [0, 0.05) is 18.5 Å². The number of benzene rings is 1. The van der Waals surface area contributed by atoms with Crippen LogP contribution in [0.2, 0.25) is 0 Å². The SMILES string of the molecule is CN(Cc1ccccc1)c1ccc(NC(=O)Cc2cccs2)nn1. The number of anilines is 2. The first-order valence-electron chi connectivity index (χ1n) is 7.62. The van der Waals surface area contributed by atoms with E-state index in [1.807, 2.05) is 53.7 Å². The first-order valence-corrected chi connectivity index (χ1v) is 8.50. The smallest absolute Gasteiger partial charge is 0.230 e. The fourth-order valence-electron chi connectivity index (χ4n) is 2.29. The van der Waals surface area contributed by atoms with Gasteiger partial charge in [-0.25, -0.2) is 0 Å². The molecule has 3 aromatic rings. The molecule has 0 aliphatic rings. The molecule has 0 saturated heterocycles. The Balaban J connectivity index is 1.57. The molecule has 24 heavy (non-hydrogen) atoms. The predicted octanol–water partition coefficient (Wildman–Crippen LogP) is 3.36. The average molecular weight is 338 g/mol. The lowest BCUT2D eigenvalue weighted by Crippen LogP contribution is -2.19. The molecular weight excluding hydrogens is 320 g/mol. The third-order valence-corrected chi connectivity index (χ3v) is 4.36. The lowest BCUT2D eigenvalue weighted by atomic mass is 10.2. The zero-order valence-corrected chi connectivity index (χ0v) is 14.2. The Labute approximate surface area is 145 Å². The molecule has 0 aliphatic carbocycles. The minimum Gasteiger partial charge on any atom is -0.354 e. The topological polar surface area (TPSA) is 58.1 Å². The second kappa shape index (κ2) is 7.70. The van der Waals surface area contributed by atoms with Gasteiger partial charge in [0.25, 0.3) is 0 Å². The number of rotatable bonds is 6. The normalized spacial score (nSPS) is 10.4. The predicted molar refractivity (Wildman–Crippen MR) is 97.2 cm³/mol. The summed E-state index contributed by atoms with van der Waals surface area (Å²) < 4.78 is 0. The van der Waals surface area contributed by atoms with E-state index >= 15 is 0 Å². The van der Waals surface area contributed by atoms with Crippen LogP contribution < -0.4 is 10.2 Å². The van der Waals surface area contributed by atoms with E-state index in [1.54, 1.807) is 17.4 Å². The van der Waals surface area contributed by atoms with Gasteiger partial charge in [-0.15, -0.1) is 21.5 Å². The summed E-state index contributed by atoms with van der Waals surface area (Å²) in [7, 11) is 1.96. The van der Waals surface area contributed by atoms with Gasteiger partial charge in [-0.2, -0.15) is 0 Å². The molecule has 1 N–H and O–H groups in total. The van der Waals surface area contributed by atoms with Crippen LogP contribution in [0.3, 0.4) is 0 Å². The maximum absolute atomic E-state index is 12.0. The average Bonchev–Trinajstić information content (AvgIpc) is 3.09. The van der Waals surface area contributed by atoms with Gasteiger partial charge in [0.05, 0.1) is 6.42 Å². The first kappa shape index (κ1) is 16.1. The van der Waals surface area contributed by atoms with E-state index in [4.69, 9.17) is 0 Å². The van der Waals surface area contributed by atoms with Gasteiger partial charge in [-0.1, -0.05) is 36.4 Å². The van der Waals surface area contributed by atoms with E-state index in [9.17, 15) is 4.79 Å². The lowest BCUT2D eigenvalue weighted by Gasteiger charge is -2.17. The molecule has 122 valence electrons. The van der Waals surface area contributed by atoms with Crippen molar-refractivity contribution >= 4 is 28.9 Å². The molecule has 0 spiro atoms. The molecule has 0 atom stereocenters. The number of carbonyl (C=O) groups is 1. The van der Waals surface area contributed by atoms with E-state index in [2.05, 4.69) is 27.6 Å². The Hall–Kier alpha value is -2.73. The highest BCUT2D eigenvalue weighted by Gasteiger charge is 2.08. The number of thiophene rings is 1. The van der Waals surface area contributed by atoms with Gasteiger partial charge in [0.1, 0.15) is 0 Å². The summed E-state index contributed by atoms with van der Waals surface area (Å²) in [5.41, 5.74) is 1.20. The number of amides is 1. The molecule has 0 unspecified atom stereocenters. The van der Waals surface area contributed by atoms with Crippen molar-refractivity contribution in [3.05, 3.63) is 70.4 Å². The molecule has 6 heteroatoms. The van der Waals surface area contributed by atoms with Gasteiger partial charge in [0.15, 0.2) is 11.6 Å². The van der Waals surface area contributed by atoms with Crippen molar-refractivity contribution in [1.29, 1.82) is 0 Å². The zero-order chi connectivity index (χ0) is 16.8. The highest BCUT2D eigenvalue weighted by Crippen LogP contribution is 2.14. The quantitative estimate of drug-likeness (QED) is 0.749. The fraction of sp³-hybridized carbons (Fsp3) is 0.167. The molecule has 3 rings (SSSR count). The summed E-state index contributed by atoms with van der Waals surface area (Å²) in [4.78, 5) is 15.0. The van der Waals surface area contributed by atoms with E-state index in [0.717, 1.165) is 17.2 Å². The maximum atomic E-state index is 12.0. The highest BCUT2D eigenvalue weighted by molar-refractivity contribution is 7.10. The van der Waals surface area contributed by atoms with Crippen LogP contribution in [-0.4, -0.2) is 23.2 Å². The number of hydrogen-bond donors (Lipinski definition) is 1. The number of nitrogens with zero attached hydrogens (tertiary/aromatic N) is 3. The van der Waals surface area contributed by atoms with E-state index in [1.165, 1.54) is 5.56 Å². The molecule has 1 aromatic carbocycles. The monoisotopic (exact) mass is 338 g/mol. The Morgan fingerprint density at radius 2 is 1.92 bits per heavy atom. The Morgan fingerprint density at radius 3 is 2.58 bits per heavy atom. The Morgan fingerprint density at radius 1 is 1.08 bits per heavy atom. The van der Waals surface area contributed by atoms with Gasteiger partial charge >= 0.3 is 0 Å². The number of hydrogen-bond acceptors (Lipinski definition) is 5. The van der Waals surface area contributed by atoms with Gasteiger partial charge in [-0.3, -0.25) is 4.79 Å². The van der Waals surface area contributed by atoms with Crippen LogP contribution in [0.15, 0.2) is 60.0 Å². The van der Waals surface area contributed by atoms with E-state index in [0.29, 0.717) is 12.2 Å². The second-order valence-corrected chi connectivity index (χ2v) is 6.45. The third-order valence-electron chi connectivity index (χ3n) is 3.49. The molecule has 0 bridgehead atoms. The molecule has 0 aliphatic heterocycles. The van der Waals surface area contributed by atoms with Crippen LogP contribution in [0.1, 0.15) is 10.4 Å². The van der Waals surface area contributed by atoms with Gasteiger partial charge in [0.2, 0.25) is 5.91 Å². The van der Waals surface area contributed by atoms with Crippen molar-refractivity contribution in [3.8, 4) is 0 Å². The van der Waals surface area contributed by atoms with Crippen molar-refractivity contribution in [1.82, 2.24) is 10.2 Å². The molecule has 1 amide bonds. The minimum absolute atomic E-state index is 0.0860. The summed E-state index contributed by atoms with van der Waals surface area (Å²) in [6.45, 7) is 0.750. The standard InChI is InChI=1S/C18H18N4OS/c1-22(13-14-6-3-2-4-7-14)17-10-9-16(20-21-17)19-18(23)12-15-8-5-11-24-15/h2-11H,12-13H2,1H3,(H,19,20,23). The molecule has 2 aromatic heterocycles. The molecule has 5 nitrogen and oxygen atoms in total. The molecule has 0 saturated carbocycles. The van der Waals surface area contributed by atoms with E-state index < -0.39 is 0 Å². The van der Waals surface area contributed by atoms with Crippen molar-refractivity contribution < 1.29 is 4.79 Å². The fourth-order valence-corrected chi connectivity index (χ4v) is 3.00. The summed E-state index contributed by atoms with van der Waals surface area (Å²) in [5, 5.41) is 13.0. The van der Waals surface area contributed by atoms with Crippen LogP contribution in [0.5, 0.6) is 0 Å². The molecule has 2 heterocycles. The van der Waals surface area contributed by atoms with Crippen LogP contribution in [-0.2, 0) is 17.8 Å². The third kappa shape index (κ3) is 4.39. The van der Waals surface area contributed by atoms with Crippen molar-refractivity contribution in [2.45, 2.75) is 13.0 Å². The highest BCUT2D eigenvalue weighted by atomic mass is 32.1. The van der Waals surface area contributed by atoms with Crippen molar-refractivity contribution in [3.63, 3.8) is 0 Å². The molecule has 0 radical (unpaired) electrons. The van der Waals surface area contributed by atoms with Gasteiger partial charge in [-0.05, 0) is 29.1 Å². The van der Waals surface area contributed by atoms with Crippen LogP contribution >= 0.6 is 11.3 Å². The van der Waals surface area contributed by atoms with Gasteiger partial charge < -0.3 is 10.2 Å². The number of carbonyl (C=O) groups excluding carboxylic acids is 1. The van der Waals surface area contributed by atoms with Crippen molar-refractivity contribution in [2.75, 3.05) is 17.3 Å². The molecule has 0 fully saturated rings. The maximum Gasteiger partial charge on any atom is 0.230 e. The Kier molecular flexibility index (Phi) is 5.18. The largest absolute Gasteiger partial charge is 0.354 e. The zero-order valence-electron chi connectivity index (χ0n) is 13.3. The number of nitrogens with one attached hydrogen (secondary N) is 1. The number of aromatic nitrogens is 2. The van der Waals surface area contributed by atoms with Crippen molar-refractivity contribution in [2.24, 2.45) is 0 Å². The first-order chi connectivity index (χ1) is 11.7. The summed E-state index contributed by atoms with van der Waals surface area (Å²) >= 11 is 1.57. The van der Waals surface area contributed by atoms with Crippen LogP contribution in [0.4, 0.5) is 11.6 Å². The second-order valence-electron chi connectivity index (χ2n) is 5.42. The summed E-state index contributed by atoms with van der Waals surface area (Å²) in [6, 6.07) is 17.7. The lowest BCUT2D eigenvalue weighted by molar-refractivity contribution is -0.115. The summed E-state index contributed by atoms with van der Waals surface area (Å²) in [5.74, 6) is 1.14. The van der Waals surface area contributed by atoms with Crippen LogP contribution in [0.25, 0.3) is 0 Å². The van der Waals surface area contributed by atoms with E-state index in [-0.39, 0.29) is 5.91 Å².